The van der Waals surface area contributed by atoms with E-state index in [1.807, 2.05) is 38.1 Å². The Balaban J connectivity index is 1.47. The summed E-state index contributed by atoms with van der Waals surface area (Å²) in [6.45, 7) is 5.73. The molecule has 0 saturated heterocycles. The number of carbonyl (C=O) groups excluding carboxylic acids is 1. The second kappa shape index (κ2) is 7.19. The minimum Gasteiger partial charge on any atom is -0.350 e. The zero-order chi connectivity index (χ0) is 18.8. The van der Waals surface area contributed by atoms with Gasteiger partial charge in [0.05, 0.1) is 0 Å². The van der Waals surface area contributed by atoms with Gasteiger partial charge in [0.1, 0.15) is 0 Å². The summed E-state index contributed by atoms with van der Waals surface area (Å²) in [5, 5.41) is 11.3. The zero-order valence-corrected chi connectivity index (χ0v) is 15.6. The second-order valence-corrected chi connectivity index (χ2v) is 6.99. The lowest BCUT2D eigenvalue weighted by Crippen LogP contribution is -2.31. The summed E-state index contributed by atoms with van der Waals surface area (Å²) < 4.78 is 0. The number of nitrogens with zero attached hydrogens (tertiary/aromatic N) is 3. The molecule has 27 heavy (non-hydrogen) atoms. The first-order chi connectivity index (χ1) is 13.1. The summed E-state index contributed by atoms with van der Waals surface area (Å²) in [6, 6.07) is 18.0. The molecule has 0 aliphatic carbocycles. The number of rotatable bonds is 3. The third kappa shape index (κ3) is 3.67. The van der Waals surface area contributed by atoms with Crippen molar-refractivity contribution in [1.82, 2.24) is 10.2 Å². The SMILES string of the molecule is Cc1ccc(NC(=O)c2ccc(N3CCc4ccccc4C3)nn2)c(C)c1. The number of carbonyl (C=O) groups is 1. The Morgan fingerprint density at radius 2 is 1.81 bits per heavy atom. The fourth-order valence-corrected chi connectivity index (χ4v) is 3.45. The smallest absolute Gasteiger partial charge is 0.276 e. The van der Waals surface area contributed by atoms with Gasteiger partial charge in [0.2, 0.25) is 0 Å². The van der Waals surface area contributed by atoms with Crippen molar-refractivity contribution in [2.45, 2.75) is 26.8 Å². The van der Waals surface area contributed by atoms with E-state index in [2.05, 4.69) is 44.7 Å². The molecule has 5 heteroatoms. The monoisotopic (exact) mass is 358 g/mol. The molecular weight excluding hydrogens is 336 g/mol. The van der Waals surface area contributed by atoms with E-state index in [1.54, 1.807) is 6.07 Å². The van der Waals surface area contributed by atoms with E-state index in [0.29, 0.717) is 5.69 Å². The molecule has 3 aromatic rings. The van der Waals surface area contributed by atoms with E-state index in [0.717, 1.165) is 42.1 Å². The average molecular weight is 358 g/mol. The van der Waals surface area contributed by atoms with Gasteiger partial charge in [-0.2, -0.15) is 0 Å². The van der Waals surface area contributed by atoms with Gasteiger partial charge in [0.25, 0.3) is 5.91 Å². The summed E-state index contributed by atoms with van der Waals surface area (Å²) in [6.07, 6.45) is 0.993. The van der Waals surface area contributed by atoms with Gasteiger partial charge in [-0.15, -0.1) is 10.2 Å². The number of aryl methyl sites for hydroxylation is 2. The van der Waals surface area contributed by atoms with Crippen LogP contribution < -0.4 is 10.2 Å². The molecule has 0 spiro atoms. The van der Waals surface area contributed by atoms with E-state index in [-0.39, 0.29) is 5.91 Å². The standard InChI is InChI=1S/C22H22N4O/c1-15-7-8-19(16(2)13-15)23-22(27)20-9-10-21(25-24-20)26-12-11-17-5-3-4-6-18(17)14-26/h3-10,13H,11-12,14H2,1-2H3,(H,23,27). The molecule has 4 rings (SSSR count). The van der Waals surface area contributed by atoms with Crippen LogP contribution in [-0.4, -0.2) is 22.6 Å². The highest BCUT2D eigenvalue weighted by atomic mass is 16.1. The fourth-order valence-electron chi connectivity index (χ4n) is 3.45. The molecule has 1 aromatic heterocycles. The number of hydrogen-bond acceptors (Lipinski definition) is 4. The van der Waals surface area contributed by atoms with E-state index in [9.17, 15) is 4.79 Å². The lowest BCUT2D eigenvalue weighted by atomic mass is 10.00. The first-order valence-electron chi connectivity index (χ1n) is 9.14. The number of amides is 1. The number of anilines is 2. The molecule has 0 saturated carbocycles. The Hall–Kier alpha value is -3.21. The van der Waals surface area contributed by atoms with Crippen molar-refractivity contribution in [3.63, 3.8) is 0 Å². The first kappa shape index (κ1) is 17.2. The Morgan fingerprint density at radius 1 is 1.00 bits per heavy atom. The van der Waals surface area contributed by atoms with Crippen LogP contribution in [0.2, 0.25) is 0 Å². The molecular formula is C22H22N4O. The fraction of sp³-hybridized carbons (Fsp3) is 0.227. The maximum atomic E-state index is 12.5. The van der Waals surface area contributed by atoms with E-state index >= 15 is 0 Å². The molecule has 0 radical (unpaired) electrons. The average Bonchev–Trinajstić information content (AvgIpc) is 2.70. The van der Waals surface area contributed by atoms with Crippen LogP contribution in [0, 0.1) is 13.8 Å². The molecule has 2 heterocycles. The molecule has 1 aliphatic heterocycles. The minimum atomic E-state index is -0.245. The normalized spacial score (nSPS) is 13.2. The van der Waals surface area contributed by atoms with Crippen LogP contribution in [0.25, 0.3) is 0 Å². The van der Waals surface area contributed by atoms with E-state index in [4.69, 9.17) is 0 Å². The van der Waals surface area contributed by atoms with Gasteiger partial charge in [-0.25, -0.2) is 0 Å². The number of nitrogens with one attached hydrogen (secondary N) is 1. The van der Waals surface area contributed by atoms with Crippen molar-refractivity contribution in [3.05, 3.63) is 82.5 Å². The van der Waals surface area contributed by atoms with Crippen LogP contribution in [-0.2, 0) is 13.0 Å². The van der Waals surface area contributed by atoms with Gasteiger partial charge in [0.15, 0.2) is 11.5 Å². The Kier molecular flexibility index (Phi) is 4.59. The van der Waals surface area contributed by atoms with Gasteiger partial charge in [-0.3, -0.25) is 4.79 Å². The largest absolute Gasteiger partial charge is 0.350 e. The summed E-state index contributed by atoms with van der Waals surface area (Å²) in [5.74, 6) is 0.553. The predicted molar refractivity (Wildman–Crippen MR) is 107 cm³/mol. The van der Waals surface area contributed by atoms with Crippen LogP contribution in [0.15, 0.2) is 54.6 Å². The molecule has 0 fully saturated rings. The lowest BCUT2D eigenvalue weighted by molar-refractivity contribution is 0.102. The highest BCUT2D eigenvalue weighted by Gasteiger charge is 2.18. The third-order valence-electron chi connectivity index (χ3n) is 4.97. The summed E-state index contributed by atoms with van der Waals surface area (Å²) in [4.78, 5) is 14.7. The van der Waals surface area contributed by atoms with Gasteiger partial charge in [-0.1, -0.05) is 42.0 Å². The van der Waals surface area contributed by atoms with Crippen molar-refractivity contribution in [2.24, 2.45) is 0 Å². The minimum absolute atomic E-state index is 0.245. The van der Waals surface area contributed by atoms with Crippen molar-refractivity contribution in [3.8, 4) is 0 Å². The highest BCUT2D eigenvalue weighted by Crippen LogP contribution is 2.23. The predicted octanol–water partition coefficient (Wildman–Crippen LogP) is 3.91. The lowest BCUT2D eigenvalue weighted by Gasteiger charge is -2.29. The van der Waals surface area contributed by atoms with Crippen LogP contribution >= 0.6 is 0 Å². The highest BCUT2D eigenvalue weighted by molar-refractivity contribution is 6.03. The molecule has 0 bridgehead atoms. The molecule has 1 aliphatic rings. The summed E-state index contributed by atoms with van der Waals surface area (Å²) >= 11 is 0. The van der Waals surface area contributed by atoms with Crippen LogP contribution in [0.3, 0.4) is 0 Å². The van der Waals surface area contributed by atoms with Crippen LogP contribution in [0.1, 0.15) is 32.7 Å². The number of hydrogen-bond donors (Lipinski definition) is 1. The molecule has 1 amide bonds. The third-order valence-corrected chi connectivity index (χ3v) is 4.97. The van der Waals surface area contributed by atoms with E-state index in [1.165, 1.54) is 11.1 Å². The van der Waals surface area contributed by atoms with Crippen LogP contribution in [0.4, 0.5) is 11.5 Å². The van der Waals surface area contributed by atoms with E-state index < -0.39 is 0 Å². The number of aromatic nitrogens is 2. The molecule has 0 unspecified atom stereocenters. The topological polar surface area (TPSA) is 58.1 Å². The first-order valence-corrected chi connectivity index (χ1v) is 9.14. The van der Waals surface area contributed by atoms with Crippen molar-refractivity contribution in [2.75, 3.05) is 16.8 Å². The Bertz CT molecular complexity index is 982. The van der Waals surface area contributed by atoms with Crippen molar-refractivity contribution >= 4 is 17.4 Å². The molecule has 1 N–H and O–H groups in total. The summed E-state index contributed by atoms with van der Waals surface area (Å²) in [7, 11) is 0. The molecule has 5 nitrogen and oxygen atoms in total. The molecule has 0 atom stereocenters. The van der Waals surface area contributed by atoms with Crippen molar-refractivity contribution < 1.29 is 4.79 Å². The number of benzene rings is 2. The van der Waals surface area contributed by atoms with Gasteiger partial charge < -0.3 is 10.2 Å². The maximum Gasteiger partial charge on any atom is 0.276 e. The van der Waals surface area contributed by atoms with Crippen LogP contribution in [0.5, 0.6) is 0 Å². The van der Waals surface area contributed by atoms with Gasteiger partial charge in [-0.05, 0) is 55.2 Å². The zero-order valence-electron chi connectivity index (χ0n) is 15.6. The number of fused-ring (bicyclic) bond motifs is 1. The van der Waals surface area contributed by atoms with Gasteiger partial charge in [0, 0.05) is 18.8 Å². The molecule has 136 valence electrons. The van der Waals surface area contributed by atoms with Crippen molar-refractivity contribution in [1.29, 1.82) is 0 Å². The quantitative estimate of drug-likeness (QED) is 0.771. The molecule has 2 aromatic carbocycles. The Labute approximate surface area is 159 Å². The van der Waals surface area contributed by atoms with Gasteiger partial charge >= 0.3 is 0 Å². The maximum absolute atomic E-state index is 12.5. The second-order valence-electron chi connectivity index (χ2n) is 6.99. The Morgan fingerprint density at radius 3 is 2.56 bits per heavy atom. The summed E-state index contributed by atoms with van der Waals surface area (Å²) in [5.41, 5.74) is 6.02.